The number of hydrogen-bond donors (Lipinski definition) is 1. The first-order valence-corrected chi connectivity index (χ1v) is 8.24. The smallest absolute Gasteiger partial charge is 0.132 e. The summed E-state index contributed by atoms with van der Waals surface area (Å²) in [5.74, 6) is 0.893. The molecule has 0 aliphatic carbocycles. The first kappa shape index (κ1) is 16.2. The molecule has 4 heteroatoms. The van der Waals surface area contributed by atoms with Crippen molar-refractivity contribution in [2.45, 2.75) is 29.7 Å². The van der Waals surface area contributed by atoms with Gasteiger partial charge in [-0.05, 0) is 48.9 Å². The van der Waals surface area contributed by atoms with Crippen LogP contribution in [0.2, 0.25) is 5.02 Å². The van der Waals surface area contributed by atoms with Crippen molar-refractivity contribution < 1.29 is 4.74 Å². The van der Waals surface area contributed by atoms with Gasteiger partial charge in [0.2, 0.25) is 0 Å². The van der Waals surface area contributed by atoms with Crippen LogP contribution < -0.4 is 10.1 Å². The summed E-state index contributed by atoms with van der Waals surface area (Å²) >= 11 is 7.84. The van der Waals surface area contributed by atoms with E-state index in [1.807, 2.05) is 30.3 Å². The number of methoxy groups -OCH3 is 1. The molecule has 0 saturated heterocycles. The van der Waals surface area contributed by atoms with Crippen LogP contribution in [0.3, 0.4) is 0 Å². The molecule has 0 aliphatic rings. The Hall–Kier alpha value is -1.16. The van der Waals surface area contributed by atoms with Crippen molar-refractivity contribution in [1.82, 2.24) is 5.32 Å². The minimum atomic E-state index is 0.771. The van der Waals surface area contributed by atoms with E-state index in [1.54, 1.807) is 18.9 Å². The Bertz CT molecular complexity index is 589. The Morgan fingerprint density at radius 3 is 2.71 bits per heavy atom. The van der Waals surface area contributed by atoms with E-state index in [-0.39, 0.29) is 0 Å². The summed E-state index contributed by atoms with van der Waals surface area (Å²) in [6, 6.07) is 14.1. The van der Waals surface area contributed by atoms with E-state index >= 15 is 0 Å². The van der Waals surface area contributed by atoms with Crippen LogP contribution in [0.5, 0.6) is 5.75 Å². The molecule has 0 bridgehead atoms. The van der Waals surface area contributed by atoms with Crippen LogP contribution in [0, 0.1) is 0 Å². The molecular formula is C17H20ClNOS. The summed E-state index contributed by atoms with van der Waals surface area (Å²) in [7, 11) is 1.70. The second-order valence-electron chi connectivity index (χ2n) is 4.68. The molecule has 0 atom stereocenters. The lowest BCUT2D eigenvalue weighted by Gasteiger charge is -2.12. The Morgan fingerprint density at radius 2 is 1.95 bits per heavy atom. The minimum absolute atomic E-state index is 0.771. The summed E-state index contributed by atoms with van der Waals surface area (Å²) in [6.07, 6.45) is 1.12. The Balaban J connectivity index is 2.22. The van der Waals surface area contributed by atoms with E-state index in [9.17, 15) is 0 Å². The molecule has 0 radical (unpaired) electrons. The van der Waals surface area contributed by atoms with E-state index in [1.165, 1.54) is 10.5 Å². The van der Waals surface area contributed by atoms with Gasteiger partial charge in [-0.3, -0.25) is 0 Å². The molecule has 0 aliphatic heterocycles. The van der Waals surface area contributed by atoms with Gasteiger partial charge in [0.05, 0.1) is 12.0 Å². The molecule has 21 heavy (non-hydrogen) atoms. The van der Waals surface area contributed by atoms with Crippen LogP contribution in [0.4, 0.5) is 0 Å². The second-order valence-corrected chi connectivity index (χ2v) is 6.20. The van der Waals surface area contributed by atoms with Gasteiger partial charge in [-0.15, -0.1) is 0 Å². The SMILES string of the molecule is CCCNCc1cc(Cl)ccc1Sc1ccccc1OC. The van der Waals surface area contributed by atoms with Gasteiger partial charge in [0, 0.05) is 16.5 Å². The second kappa shape index (κ2) is 8.32. The van der Waals surface area contributed by atoms with Crippen molar-refractivity contribution in [3.63, 3.8) is 0 Å². The van der Waals surface area contributed by atoms with Crippen molar-refractivity contribution in [3.8, 4) is 5.75 Å². The maximum absolute atomic E-state index is 6.13. The topological polar surface area (TPSA) is 21.3 Å². The van der Waals surface area contributed by atoms with Crippen LogP contribution in [-0.2, 0) is 6.54 Å². The number of rotatable bonds is 7. The first-order valence-electron chi connectivity index (χ1n) is 7.04. The lowest BCUT2D eigenvalue weighted by Crippen LogP contribution is -2.14. The molecule has 0 amide bonds. The van der Waals surface area contributed by atoms with Gasteiger partial charge in [0.15, 0.2) is 0 Å². The van der Waals surface area contributed by atoms with E-state index < -0.39 is 0 Å². The van der Waals surface area contributed by atoms with Crippen LogP contribution in [0.25, 0.3) is 0 Å². The van der Waals surface area contributed by atoms with E-state index in [2.05, 4.69) is 24.4 Å². The van der Waals surface area contributed by atoms with Gasteiger partial charge < -0.3 is 10.1 Å². The fraction of sp³-hybridized carbons (Fsp3) is 0.294. The molecule has 2 rings (SSSR count). The Labute approximate surface area is 135 Å². The van der Waals surface area contributed by atoms with Crippen molar-refractivity contribution in [2.75, 3.05) is 13.7 Å². The monoisotopic (exact) mass is 321 g/mol. The van der Waals surface area contributed by atoms with Gasteiger partial charge in [-0.2, -0.15) is 0 Å². The first-order chi connectivity index (χ1) is 10.2. The zero-order chi connectivity index (χ0) is 15.1. The van der Waals surface area contributed by atoms with E-state index in [0.29, 0.717) is 0 Å². The molecule has 0 spiro atoms. The van der Waals surface area contributed by atoms with Crippen molar-refractivity contribution >= 4 is 23.4 Å². The molecule has 0 aromatic heterocycles. The highest BCUT2D eigenvalue weighted by Crippen LogP contribution is 2.37. The third-order valence-electron chi connectivity index (χ3n) is 3.05. The molecule has 0 unspecified atom stereocenters. The maximum Gasteiger partial charge on any atom is 0.132 e. The Kier molecular flexibility index (Phi) is 6.43. The van der Waals surface area contributed by atoms with Gasteiger partial charge in [0.25, 0.3) is 0 Å². The van der Waals surface area contributed by atoms with Crippen LogP contribution >= 0.6 is 23.4 Å². The third kappa shape index (κ3) is 4.67. The largest absolute Gasteiger partial charge is 0.496 e. The summed E-state index contributed by atoms with van der Waals surface area (Å²) in [4.78, 5) is 2.31. The van der Waals surface area contributed by atoms with Crippen molar-refractivity contribution in [2.24, 2.45) is 0 Å². The average molecular weight is 322 g/mol. The van der Waals surface area contributed by atoms with Gasteiger partial charge in [0.1, 0.15) is 5.75 Å². The summed E-state index contributed by atoms with van der Waals surface area (Å²) < 4.78 is 5.42. The molecule has 2 nitrogen and oxygen atoms in total. The van der Waals surface area contributed by atoms with E-state index in [4.69, 9.17) is 16.3 Å². The highest BCUT2D eigenvalue weighted by Gasteiger charge is 2.09. The predicted molar refractivity (Wildman–Crippen MR) is 90.6 cm³/mol. The summed E-state index contributed by atoms with van der Waals surface area (Å²) in [5.41, 5.74) is 1.21. The molecule has 0 fully saturated rings. The zero-order valence-corrected chi connectivity index (χ0v) is 13.9. The molecule has 112 valence electrons. The van der Waals surface area contributed by atoms with Gasteiger partial charge in [-0.1, -0.05) is 42.4 Å². The van der Waals surface area contributed by atoms with E-state index in [0.717, 1.165) is 35.2 Å². The van der Waals surface area contributed by atoms with Crippen molar-refractivity contribution in [3.05, 3.63) is 53.1 Å². The fourth-order valence-corrected chi connectivity index (χ4v) is 3.24. The summed E-state index contributed by atoms with van der Waals surface area (Å²) in [5, 5.41) is 4.20. The molecule has 0 saturated carbocycles. The highest BCUT2D eigenvalue weighted by molar-refractivity contribution is 7.99. The average Bonchev–Trinajstić information content (AvgIpc) is 2.50. The maximum atomic E-state index is 6.13. The Morgan fingerprint density at radius 1 is 1.14 bits per heavy atom. The molecule has 0 heterocycles. The molecule has 2 aromatic rings. The number of nitrogens with one attached hydrogen (secondary N) is 1. The molecule has 1 N–H and O–H groups in total. The van der Waals surface area contributed by atoms with Gasteiger partial charge >= 0.3 is 0 Å². The number of para-hydroxylation sites is 1. The number of hydrogen-bond acceptors (Lipinski definition) is 3. The van der Waals surface area contributed by atoms with Crippen LogP contribution in [0.15, 0.2) is 52.3 Å². The lowest BCUT2D eigenvalue weighted by molar-refractivity contribution is 0.405. The fourth-order valence-electron chi connectivity index (χ4n) is 2.01. The van der Waals surface area contributed by atoms with Crippen molar-refractivity contribution in [1.29, 1.82) is 0 Å². The van der Waals surface area contributed by atoms with Crippen LogP contribution in [0.1, 0.15) is 18.9 Å². The lowest BCUT2D eigenvalue weighted by atomic mass is 10.2. The number of ether oxygens (including phenoxy) is 1. The number of benzene rings is 2. The molecular weight excluding hydrogens is 302 g/mol. The number of halogens is 1. The van der Waals surface area contributed by atoms with Crippen LogP contribution in [-0.4, -0.2) is 13.7 Å². The molecule has 2 aromatic carbocycles. The summed E-state index contributed by atoms with van der Waals surface area (Å²) in [6.45, 7) is 3.99. The third-order valence-corrected chi connectivity index (χ3v) is 4.46. The standard InChI is InChI=1S/C17H20ClNOS/c1-3-10-19-12-13-11-14(18)8-9-16(13)21-17-7-5-4-6-15(17)20-2/h4-9,11,19H,3,10,12H2,1-2H3. The zero-order valence-electron chi connectivity index (χ0n) is 12.4. The normalized spacial score (nSPS) is 10.6. The highest BCUT2D eigenvalue weighted by atomic mass is 35.5. The predicted octanol–water partition coefficient (Wildman–Crippen LogP) is 5.00. The minimum Gasteiger partial charge on any atom is -0.496 e. The van der Waals surface area contributed by atoms with Gasteiger partial charge in [-0.25, -0.2) is 0 Å². The quantitative estimate of drug-likeness (QED) is 0.725.